The predicted octanol–water partition coefficient (Wildman–Crippen LogP) is 18.6. The van der Waals surface area contributed by atoms with Crippen LogP contribution in [0.2, 0.25) is 0 Å². The van der Waals surface area contributed by atoms with Crippen molar-refractivity contribution in [3.8, 4) is 0 Å². The SMILES string of the molecule is CCCCCCCCCCCCCCCCCCCC(=O)O[C@H](COC(=O)CCCCCCCCCC(C)C)COP(=O)(O)OC[C@@H](O)COP(=O)(O)OC[C@@H](COC(=O)CCCCCCCCCCC)OC(=O)CCCCCCCCCCC. The zero-order valence-electron chi connectivity index (χ0n) is 54.7. The summed E-state index contributed by atoms with van der Waals surface area (Å²) in [5.41, 5.74) is 0. The van der Waals surface area contributed by atoms with Crippen molar-refractivity contribution < 1.29 is 80.2 Å². The molecule has 2 unspecified atom stereocenters. The first-order valence-electron chi connectivity index (χ1n) is 34.6. The van der Waals surface area contributed by atoms with Crippen molar-refractivity contribution in [1.82, 2.24) is 0 Å². The Morgan fingerprint density at radius 2 is 0.541 bits per heavy atom. The van der Waals surface area contributed by atoms with Gasteiger partial charge in [0.15, 0.2) is 12.2 Å². The van der Waals surface area contributed by atoms with Gasteiger partial charge < -0.3 is 33.8 Å². The molecule has 0 aromatic carbocycles. The second-order valence-electron chi connectivity index (χ2n) is 24.3. The van der Waals surface area contributed by atoms with Gasteiger partial charge in [-0.2, -0.15) is 0 Å². The summed E-state index contributed by atoms with van der Waals surface area (Å²) < 4.78 is 68.0. The van der Waals surface area contributed by atoms with Gasteiger partial charge in [-0.1, -0.05) is 285 Å². The lowest BCUT2D eigenvalue weighted by molar-refractivity contribution is -0.161. The van der Waals surface area contributed by atoms with Gasteiger partial charge >= 0.3 is 39.5 Å². The number of ether oxygens (including phenoxy) is 4. The zero-order valence-corrected chi connectivity index (χ0v) is 56.5. The monoisotopic (exact) mass is 1250 g/mol. The highest BCUT2D eigenvalue weighted by molar-refractivity contribution is 7.47. The molecule has 0 aliphatic heterocycles. The zero-order chi connectivity index (χ0) is 62.8. The number of rotatable bonds is 66. The van der Waals surface area contributed by atoms with E-state index in [1.165, 1.54) is 154 Å². The van der Waals surface area contributed by atoms with Gasteiger partial charge in [-0.05, 0) is 31.6 Å². The average Bonchev–Trinajstić information content (AvgIpc) is 3.61. The van der Waals surface area contributed by atoms with Gasteiger partial charge in [-0.25, -0.2) is 9.13 Å². The highest BCUT2D eigenvalue weighted by atomic mass is 31.2. The third-order valence-corrected chi connectivity index (χ3v) is 17.2. The number of carbonyl (C=O) groups is 4. The molecular weight excluding hydrogens is 1130 g/mol. The minimum Gasteiger partial charge on any atom is -0.462 e. The van der Waals surface area contributed by atoms with Gasteiger partial charge in [0.05, 0.1) is 26.4 Å². The van der Waals surface area contributed by atoms with Crippen LogP contribution in [-0.4, -0.2) is 96.7 Å². The summed E-state index contributed by atoms with van der Waals surface area (Å²) >= 11 is 0. The summed E-state index contributed by atoms with van der Waals surface area (Å²) in [6.07, 6.45) is 44.6. The predicted molar refractivity (Wildman–Crippen MR) is 340 cm³/mol. The number of hydrogen-bond donors (Lipinski definition) is 3. The van der Waals surface area contributed by atoms with Gasteiger partial charge in [0.2, 0.25) is 0 Å². The highest BCUT2D eigenvalue weighted by Gasteiger charge is 2.30. The van der Waals surface area contributed by atoms with Crippen LogP contribution in [0, 0.1) is 5.92 Å². The quantitative estimate of drug-likeness (QED) is 0.0222. The van der Waals surface area contributed by atoms with Gasteiger partial charge in [-0.15, -0.1) is 0 Å². The lowest BCUT2D eigenvalue weighted by atomic mass is 10.0. The van der Waals surface area contributed by atoms with Crippen LogP contribution in [0.4, 0.5) is 0 Å². The number of phosphoric acid groups is 2. The molecule has 0 aromatic rings. The van der Waals surface area contributed by atoms with Gasteiger partial charge in [-0.3, -0.25) is 37.3 Å². The van der Waals surface area contributed by atoms with Crippen LogP contribution in [-0.2, 0) is 65.4 Å². The van der Waals surface area contributed by atoms with E-state index in [0.717, 1.165) is 96.3 Å². The molecule has 504 valence electrons. The molecule has 0 fully saturated rings. The number of phosphoric ester groups is 2. The molecule has 5 atom stereocenters. The maximum atomic E-state index is 13.0. The Bertz CT molecular complexity index is 1650. The third-order valence-electron chi connectivity index (χ3n) is 15.3. The minimum absolute atomic E-state index is 0.106. The van der Waals surface area contributed by atoms with Gasteiger partial charge in [0.25, 0.3) is 0 Å². The summed E-state index contributed by atoms with van der Waals surface area (Å²) in [6.45, 7) is 7.13. The fourth-order valence-electron chi connectivity index (χ4n) is 9.94. The fraction of sp³-hybridized carbons (Fsp3) is 0.939. The molecule has 0 saturated heterocycles. The lowest BCUT2D eigenvalue weighted by Crippen LogP contribution is -2.30. The molecule has 3 N–H and O–H groups in total. The average molecular weight is 1260 g/mol. The number of aliphatic hydroxyl groups is 1. The molecule has 85 heavy (non-hydrogen) atoms. The molecular formula is C66H128O17P2. The maximum absolute atomic E-state index is 13.0. The molecule has 0 saturated carbocycles. The molecule has 0 aliphatic carbocycles. The van der Waals surface area contributed by atoms with Crippen molar-refractivity contribution in [2.45, 2.75) is 355 Å². The Morgan fingerprint density at radius 1 is 0.318 bits per heavy atom. The van der Waals surface area contributed by atoms with E-state index in [1.54, 1.807) is 0 Å². The van der Waals surface area contributed by atoms with Crippen LogP contribution >= 0.6 is 15.6 Å². The molecule has 0 aromatic heterocycles. The number of unbranched alkanes of at least 4 members (excludes halogenated alkanes) is 38. The molecule has 0 rings (SSSR count). The molecule has 0 aliphatic rings. The molecule has 19 heteroatoms. The van der Waals surface area contributed by atoms with Crippen LogP contribution in [0.15, 0.2) is 0 Å². The summed E-state index contributed by atoms with van der Waals surface area (Å²) in [4.78, 5) is 72.2. The van der Waals surface area contributed by atoms with Crippen LogP contribution < -0.4 is 0 Å². The van der Waals surface area contributed by atoms with Crippen molar-refractivity contribution >= 4 is 39.5 Å². The van der Waals surface area contributed by atoms with Crippen molar-refractivity contribution in [3.63, 3.8) is 0 Å². The fourth-order valence-corrected chi connectivity index (χ4v) is 11.5. The minimum atomic E-state index is -4.95. The van der Waals surface area contributed by atoms with Crippen LogP contribution in [0.25, 0.3) is 0 Å². The third kappa shape index (κ3) is 60.7. The second kappa shape index (κ2) is 59.7. The molecule has 0 bridgehead atoms. The van der Waals surface area contributed by atoms with E-state index in [0.29, 0.717) is 31.6 Å². The molecule has 0 heterocycles. The van der Waals surface area contributed by atoms with E-state index in [1.807, 2.05) is 0 Å². The van der Waals surface area contributed by atoms with Gasteiger partial charge in [0.1, 0.15) is 19.3 Å². The van der Waals surface area contributed by atoms with Crippen molar-refractivity contribution in [2.24, 2.45) is 5.92 Å². The molecule has 0 radical (unpaired) electrons. The Balaban J connectivity index is 5.19. The Morgan fingerprint density at radius 3 is 0.800 bits per heavy atom. The summed E-state index contributed by atoms with van der Waals surface area (Å²) in [5.74, 6) is -1.43. The van der Waals surface area contributed by atoms with E-state index in [-0.39, 0.29) is 25.7 Å². The maximum Gasteiger partial charge on any atom is 0.472 e. The van der Waals surface area contributed by atoms with Crippen molar-refractivity contribution in [2.75, 3.05) is 39.6 Å². The van der Waals surface area contributed by atoms with E-state index in [2.05, 4.69) is 34.6 Å². The topological polar surface area (TPSA) is 237 Å². The normalized spacial score (nSPS) is 14.2. The van der Waals surface area contributed by atoms with Crippen molar-refractivity contribution in [1.29, 1.82) is 0 Å². The Hall–Kier alpha value is -1.94. The van der Waals surface area contributed by atoms with E-state index in [9.17, 15) is 43.2 Å². The van der Waals surface area contributed by atoms with E-state index < -0.39 is 97.5 Å². The van der Waals surface area contributed by atoms with Crippen LogP contribution in [0.5, 0.6) is 0 Å². The first kappa shape index (κ1) is 83.1. The van der Waals surface area contributed by atoms with E-state index in [4.69, 9.17) is 37.0 Å². The first-order chi connectivity index (χ1) is 41.0. The number of aliphatic hydroxyl groups excluding tert-OH is 1. The Labute approximate surface area is 517 Å². The first-order valence-corrected chi connectivity index (χ1v) is 37.6. The Kier molecular flexibility index (Phi) is 58.3. The largest absolute Gasteiger partial charge is 0.472 e. The summed E-state index contributed by atoms with van der Waals surface area (Å²) in [6, 6.07) is 0. The smallest absolute Gasteiger partial charge is 0.462 e. The standard InChI is InChI=1S/C66H128O17P2/c1-6-9-12-15-18-21-22-23-24-25-26-27-28-31-36-42-47-52-66(71)83-62(56-77-64(69)50-45-40-37-32-33-38-43-48-59(4)5)58-81-85(74,75)79-54-60(67)53-78-84(72,73)80-57-61(82-65(70)51-46-41-35-30-20-17-14-11-8-3)55-76-63(68)49-44-39-34-29-19-16-13-10-7-2/h59-62,67H,6-58H2,1-5H3,(H,72,73)(H,74,75)/t60-,61+,62+/m0/s1. The molecule has 0 amide bonds. The molecule has 17 nitrogen and oxygen atoms in total. The van der Waals surface area contributed by atoms with Crippen molar-refractivity contribution in [3.05, 3.63) is 0 Å². The highest BCUT2D eigenvalue weighted by Crippen LogP contribution is 2.45. The number of esters is 4. The van der Waals surface area contributed by atoms with Gasteiger partial charge in [0, 0.05) is 25.7 Å². The van der Waals surface area contributed by atoms with Crippen LogP contribution in [0.1, 0.15) is 336 Å². The lowest BCUT2D eigenvalue weighted by Gasteiger charge is -2.21. The summed E-state index contributed by atoms with van der Waals surface area (Å²) in [7, 11) is -9.88. The summed E-state index contributed by atoms with van der Waals surface area (Å²) in [5, 5.41) is 10.5. The van der Waals surface area contributed by atoms with E-state index >= 15 is 0 Å². The number of hydrogen-bond acceptors (Lipinski definition) is 15. The second-order valence-corrected chi connectivity index (χ2v) is 27.2. The van der Waals surface area contributed by atoms with Crippen LogP contribution in [0.3, 0.4) is 0 Å². The number of carbonyl (C=O) groups excluding carboxylic acids is 4. The molecule has 0 spiro atoms.